The lowest BCUT2D eigenvalue weighted by Crippen LogP contribution is -2.49. The molecule has 0 aliphatic heterocycles. The predicted molar refractivity (Wildman–Crippen MR) is 54.8 cm³/mol. The van der Waals surface area contributed by atoms with Crippen LogP contribution in [0.2, 0.25) is 0 Å². The molecule has 1 atom stereocenters. The highest BCUT2D eigenvalue weighted by atomic mass is 19.1. The molecule has 0 heterocycles. The van der Waals surface area contributed by atoms with Crippen molar-refractivity contribution < 1.29 is 9.50 Å². The monoisotopic (exact) mass is 197 g/mol. The van der Waals surface area contributed by atoms with Crippen molar-refractivity contribution in [3.8, 4) is 5.75 Å². The van der Waals surface area contributed by atoms with E-state index in [1.165, 1.54) is 19.1 Å². The van der Waals surface area contributed by atoms with Crippen molar-refractivity contribution in [3.63, 3.8) is 0 Å². The van der Waals surface area contributed by atoms with E-state index in [4.69, 9.17) is 5.73 Å². The van der Waals surface area contributed by atoms with Crippen molar-refractivity contribution in [2.75, 3.05) is 0 Å². The summed E-state index contributed by atoms with van der Waals surface area (Å²) < 4.78 is 14.3. The van der Waals surface area contributed by atoms with Gasteiger partial charge in [-0.3, -0.25) is 0 Å². The number of phenols is 1. The van der Waals surface area contributed by atoms with Gasteiger partial charge >= 0.3 is 0 Å². The standard InChI is InChI=1S/C11H16FNO/c1-10(2,13)11(3,12)8-5-4-6-9(14)7-8/h4-7,14H,13H2,1-3H3. The Morgan fingerprint density at radius 3 is 2.29 bits per heavy atom. The average molecular weight is 197 g/mol. The lowest BCUT2D eigenvalue weighted by atomic mass is 9.81. The van der Waals surface area contributed by atoms with Crippen molar-refractivity contribution in [3.05, 3.63) is 29.8 Å². The summed E-state index contributed by atoms with van der Waals surface area (Å²) >= 11 is 0. The Kier molecular flexibility index (Phi) is 2.54. The van der Waals surface area contributed by atoms with Crippen LogP contribution in [-0.4, -0.2) is 10.6 Å². The number of hydrogen-bond donors (Lipinski definition) is 2. The minimum atomic E-state index is -1.66. The summed E-state index contributed by atoms with van der Waals surface area (Å²) in [6.45, 7) is 4.66. The quantitative estimate of drug-likeness (QED) is 0.764. The van der Waals surface area contributed by atoms with E-state index >= 15 is 0 Å². The molecule has 1 unspecified atom stereocenters. The molecule has 0 amide bonds. The van der Waals surface area contributed by atoms with Gasteiger partial charge in [-0.15, -0.1) is 0 Å². The van der Waals surface area contributed by atoms with E-state index in [0.717, 1.165) is 0 Å². The molecule has 0 spiro atoms. The first-order chi connectivity index (χ1) is 6.25. The van der Waals surface area contributed by atoms with E-state index in [1.807, 2.05) is 0 Å². The zero-order valence-corrected chi connectivity index (χ0v) is 8.71. The van der Waals surface area contributed by atoms with Crippen LogP contribution in [0.25, 0.3) is 0 Å². The number of nitrogens with two attached hydrogens (primary N) is 1. The molecule has 1 rings (SSSR count). The van der Waals surface area contributed by atoms with E-state index in [9.17, 15) is 9.50 Å². The number of phenolic OH excluding ortho intramolecular Hbond substituents is 1. The Bertz CT molecular complexity index is 328. The summed E-state index contributed by atoms with van der Waals surface area (Å²) in [4.78, 5) is 0. The van der Waals surface area contributed by atoms with Gasteiger partial charge in [-0.25, -0.2) is 4.39 Å². The van der Waals surface area contributed by atoms with Crippen LogP contribution in [0.4, 0.5) is 4.39 Å². The molecule has 0 saturated heterocycles. The van der Waals surface area contributed by atoms with Crippen LogP contribution in [0, 0.1) is 0 Å². The lowest BCUT2D eigenvalue weighted by molar-refractivity contribution is 0.0952. The van der Waals surface area contributed by atoms with Gasteiger partial charge in [-0.1, -0.05) is 12.1 Å². The third kappa shape index (κ3) is 1.87. The minimum absolute atomic E-state index is 0.0515. The Morgan fingerprint density at radius 1 is 1.29 bits per heavy atom. The third-order valence-corrected chi connectivity index (χ3v) is 2.60. The zero-order chi connectivity index (χ0) is 11.0. The molecule has 0 radical (unpaired) electrons. The highest BCUT2D eigenvalue weighted by Gasteiger charge is 2.40. The van der Waals surface area contributed by atoms with Gasteiger partial charge in [0.1, 0.15) is 5.75 Å². The van der Waals surface area contributed by atoms with Crippen LogP contribution in [0.15, 0.2) is 24.3 Å². The summed E-state index contributed by atoms with van der Waals surface area (Å²) in [5, 5.41) is 9.23. The van der Waals surface area contributed by atoms with Gasteiger partial charge in [0, 0.05) is 5.54 Å². The maximum absolute atomic E-state index is 14.3. The van der Waals surface area contributed by atoms with E-state index in [0.29, 0.717) is 5.56 Å². The Balaban J connectivity index is 3.16. The minimum Gasteiger partial charge on any atom is -0.508 e. The Labute approximate surface area is 83.6 Å². The van der Waals surface area contributed by atoms with Gasteiger partial charge in [-0.05, 0) is 38.5 Å². The molecule has 2 nitrogen and oxygen atoms in total. The molecular formula is C11H16FNO. The first kappa shape index (κ1) is 11.0. The normalized spacial score (nSPS) is 16.4. The van der Waals surface area contributed by atoms with Gasteiger partial charge in [0.25, 0.3) is 0 Å². The number of halogens is 1. The van der Waals surface area contributed by atoms with Gasteiger partial charge in [0.05, 0.1) is 0 Å². The average Bonchev–Trinajstić information content (AvgIpc) is 2.02. The molecule has 3 N–H and O–H groups in total. The molecule has 0 aliphatic rings. The number of rotatable bonds is 2. The first-order valence-corrected chi connectivity index (χ1v) is 4.52. The van der Waals surface area contributed by atoms with Crippen molar-refractivity contribution in [2.24, 2.45) is 5.73 Å². The van der Waals surface area contributed by atoms with Crippen LogP contribution in [0.3, 0.4) is 0 Å². The molecule has 14 heavy (non-hydrogen) atoms. The van der Waals surface area contributed by atoms with Gasteiger partial charge < -0.3 is 10.8 Å². The fourth-order valence-corrected chi connectivity index (χ4v) is 1.17. The summed E-state index contributed by atoms with van der Waals surface area (Å²) in [6, 6.07) is 6.13. The van der Waals surface area contributed by atoms with E-state index in [2.05, 4.69) is 0 Å². The van der Waals surface area contributed by atoms with Crippen molar-refractivity contribution in [1.29, 1.82) is 0 Å². The Morgan fingerprint density at radius 2 is 1.86 bits per heavy atom. The molecule has 0 fully saturated rings. The van der Waals surface area contributed by atoms with Crippen LogP contribution in [-0.2, 0) is 5.67 Å². The molecule has 3 heteroatoms. The molecule has 0 aliphatic carbocycles. The van der Waals surface area contributed by atoms with E-state index < -0.39 is 11.2 Å². The van der Waals surface area contributed by atoms with Crippen LogP contribution >= 0.6 is 0 Å². The largest absolute Gasteiger partial charge is 0.508 e. The summed E-state index contributed by atoms with van der Waals surface area (Å²) in [5.74, 6) is 0.0515. The predicted octanol–water partition coefficient (Wildman–Crippen LogP) is 2.31. The van der Waals surface area contributed by atoms with Crippen molar-refractivity contribution in [2.45, 2.75) is 32.0 Å². The second kappa shape index (κ2) is 3.24. The zero-order valence-electron chi connectivity index (χ0n) is 8.71. The summed E-state index contributed by atoms with van der Waals surface area (Å²) in [5.41, 5.74) is 3.49. The smallest absolute Gasteiger partial charge is 0.150 e. The third-order valence-electron chi connectivity index (χ3n) is 2.60. The Hall–Kier alpha value is -1.09. The number of alkyl halides is 1. The van der Waals surface area contributed by atoms with Crippen LogP contribution < -0.4 is 5.73 Å². The lowest BCUT2D eigenvalue weighted by Gasteiger charge is -2.34. The van der Waals surface area contributed by atoms with E-state index in [1.54, 1.807) is 26.0 Å². The van der Waals surface area contributed by atoms with Gasteiger partial charge in [-0.2, -0.15) is 0 Å². The van der Waals surface area contributed by atoms with Gasteiger partial charge in [0.15, 0.2) is 5.67 Å². The summed E-state index contributed by atoms with van der Waals surface area (Å²) in [7, 11) is 0. The highest BCUT2D eigenvalue weighted by Crippen LogP contribution is 2.36. The van der Waals surface area contributed by atoms with Crippen LogP contribution in [0.5, 0.6) is 5.75 Å². The molecule has 0 saturated carbocycles. The first-order valence-electron chi connectivity index (χ1n) is 4.52. The fraction of sp³-hybridized carbons (Fsp3) is 0.455. The molecule has 1 aromatic carbocycles. The maximum atomic E-state index is 14.3. The van der Waals surface area contributed by atoms with Crippen molar-refractivity contribution >= 4 is 0 Å². The maximum Gasteiger partial charge on any atom is 0.150 e. The second-order valence-electron chi connectivity index (χ2n) is 4.27. The molecular weight excluding hydrogens is 181 g/mol. The number of aromatic hydroxyl groups is 1. The van der Waals surface area contributed by atoms with Crippen LogP contribution in [0.1, 0.15) is 26.3 Å². The van der Waals surface area contributed by atoms with Crippen molar-refractivity contribution in [1.82, 2.24) is 0 Å². The second-order valence-corrected chi connectivity index (χ2v) is 4.27. The molecule has 0 aromatic heterocycles. The highest BCUT2D eigenvalue weighted by molar-refractivity contribution is 5.33. The summed E-state index contributed by atoms with van der Waals surface area (Å²) in [6.07, 6.45) is 0. The van der Waals surface area contributed by atoms with Gasteiger partial charge in [0.2, 0.25) is 0 Å². The molecule has 1 aromatic rings. The topological polar surface area (TPSA) is 46.2 Å². The van der Waals surface area contributed by atoms with E-state index in [-0.39, 0.29) is 5.75 Å². The fourth-order valence-electron chi connectivity index (χ4n) is 1.17. The number of hydrogen-bond acceptors (Lipinski definition) is 2. The molecule has 0 bridgehead atoms. The molecule has 78 valence electrons. The SMILES string of the molecule is CC(C)(N)C(C)(F)c1cccc(O)c1. The number of benzene rings is 1.